The van der Waals surface area contributed by atoms with Crippen LogP contribution in [-0.4, -0.2) is 36.5 Å². The van der Waals surface area contributed by atoms with E-state index in [-0.39, 0.29) is 6.54 Å². The number of nitrogens with zero attached hydrogens (tertiary/aromatic N) is 2. The highest BCUT2D eigenvalue weighted by molar-refractivity contribution is 6.20. The number of hydrogen-bond acceptors (Lipinski definition) is 4. The fourth-order valence-electron chi connectivity index (χ4n) is 3.62. The summed E-state index contributed by atoms with van der Waals surface area (Å²) in [5.74, 6) is -1.10. The van der Waals surface area contributed by atoms with Crippen molar-refractivity contribution in [1.29, 1.82) is 0 Å². The molecule has 0 bridgehead atoms. The lowest BCUT2D eigenvalue weighted by atomic mass is 9.91. The van der Waals surface area contributed by atoms with Gasteiger partial charge in [-0.3, -0.25) is 15.0 Å². The highest BCUT2D eigenvalue weighted by Gasteiger charge is 2.40. The highest BCUT2D eigenvalue weighted by atomic mass is 16.5. The molecule has 156 valence electrons. The Kier molecular flexibility index (Phi) is 5.66. The fourth-order valence-corrected chi connectivity index (χ4v) is 3.62. The minimum Gasteiger partial charge on any atom is -0.495 e. The fraction of sp³-hybridized carbons (Fsp3) is 0.125. The average Bonchev–Trinajstić information content (AvgIpc) is 3.08. The van der Waals surface area contributed by atoms with Crippen LogP contribution in [0.1, 0.15) is 17.0 Å². The molecular weight excluding hydrogens is 394 g/mol. The molecule has 0 aliphatic carbocycles. The first-order valence-electron chi connectivity index (χ1n) is 9.78. The van der Waals surface area contributed by atoms with Crippen molar-refractivity contribution in [2.24, 2.45) is 0 Å². The molecule has 1 N–H and O–H groups in total. The van der Waals surface area contributed by atoms with Gasteiger partial charge in [0.1, 0.15) is 12.3 Å². The molecule has 3 aromatic rings. The molecule has 1 fully saturated rings. The number of anilines is 1. The molecule has 31 heavy (non-hydrogen) atoms. The number of carbonyl (C=O) groups is 3. The zero-order chi connectivity index (χ0) is 21.8. The lowest BCUT2D eigenvalue weighted by Crippen LogP contribution is -2.47. The van der Waals surface area contributed by atoms with E-state index in [9.17, 15) is 14.4 Å². The second-order valence-corrected chi connectivity index (χ2v) is 7.00. The van der Waals surface area contributed by atoms with E-state index in [1.54, 1.807) is 24.3 Å². The van der Waals surface area contributed by atoms with Crippen molar-refractivity contribution >= 4 is 23.5 Å². The SMILES string of the molecule is COc1ccccc1N1C(=O)CN(NC(=O)C(c2ccccc2)c2ccccc2)C1=O. The maximum atomic E-state index is 13.3. The zero-order valence-electron chi connectivity index (χ0n) is 16.9. The second-order valence-electron chi connectivity index (χ2n) is 7.00. The van der Waals surface area contributed by atoms with Crippen LogP contribution in [-0.2, 0) is 9.59 Å². The largest absolute Gasteiger partial charge is 0.495 e. The smallest absolute Gasteiger partial charge is 0.350 e. The number of carbonyl (C=O) groups excluding carboxylic acids is 3. The summed E-state index contributed by atoms with van der Waals surface area (Å²) < 4.78 is 5.27. The molecule has 4 rings (SSSR count). The Morgan fingerprint density at radius 1 is 0.871 bits per heavy atom. The van der Waals surface area contributed by atoms with E-state index in [2.05, 4.69) is 5.43 Å². The molecule has 7 heteroatoms. The van der Waals surface area contributed by atoms with Crippen molar-refractivity contribution in [2.45, 2.75) is 5.92 Å². The number of ether oxygens (including phenoxy) is 1. The van der Waals surface area contributed by atoms with Crippen molar-refractivity contribution in [3.8, 4) is 5.75 Å². The van der Waals surface area contributed by atoms with Crippen LogP contribution >= 0.6 is 0 Å². The third kappa shape index (κ3) is 3.98. The Balaban J connectivity index is 1.60. The number of hydrazine groups is 1. The highest BCUT2D eigenvalue weighted by Crippen LogP contribution is 2.31. The average molecular weight is 415 g/mol. The van der Waals surface area contributed by atoms with Gasteiger partial charge in [-0.2, -0.15) is 0 Å². The van der Waals surface area contributed by atoms with Gasteiger partial charge in [0.25, 0.3) is 11.8 Å². The third-order valence-corrected chi connectivity index (χ3v) is 5.06. The monoisotopic (exact) mass is 415 g/mol. The third-order valence-electron chi connectivity index (χ3n) is 5.06. The summed E-state index contributed by atoms with van der Waals surface area (Å²) in [5.41, 5.74) is 4.53. The Morgan fingerprint density at radius 3 is 2.00 bits per heavy atom. The number of rotatable bonds is 6. The predicted octanol–water partition coefficient (Wildman–Crippen LogP) is 3.33. The maximum absolute atomic E-state index is 13.3. The summed E-state index contributed by atoms with van der Waals surface area (Å²) in [4.78, 5) is 39.9. The number of amides is 4. The maximum Gasteiger partial charge on any atom is 0.350 e. The van der Waals surface area contributed by atoms with Gasteiger partial charge in [-0.05, 0) is 23.3 Å². The van der Waals surface area contributed by atoms with Gasteiger partial charge in [-0.25, -0.2) is 14.7 Å². The van der Waals surface area contributed by atoms with E-state index in [1.165, 1.54) is 7.11 Å². The van der Waals surface area contributed by atoms with Crippen LogP contribution in [0.5, 0.6) is 5.75 Å². The Bertz CT molecular complexity index is 1060. The summed E-state index contributed by atoms with van der Waals surface area (Å²) in [5, 5.41) is 1.04. The number of imide groups is 1. The number of hydrogen-bond donors (Lipinski definition) is 1. The molecular formula is C24H21N3O4. The van der Waals surface area contributed by atoms with Crippen LogP contribution in [0.4, 0.5) is 10.5 Å². The van der Waals surface area contributed by atoms with Crippen LogP contribution in [0.3, 0.4) is 0 Å². The lowest BCUT2D eigenvalue weighted by molar-refractivity contribution is -0.125. The standard InChI is InChI=1S/C24H21N3O4/c1-31-20-15-9-8-14-19(20)27-21(28)16-26(24(27)30)25-23(29)22(17-10-4-2-5-11-17)18-12-6-3-7-13-18/h2-15,22H,16H2,1H3,(H,25,29). The first kappa shape index (κ1) is 20.2. The number of methoxy groups -OCH3 is 1. The van der Waals surface area contributed by atoms with Crippen molar-refractivity contribution in [3.05, 3.63) is 96.1 Å². The van der Waals surface area contributed by atoms with E-state index < -0.39 is 23.8 Å². The van der Waals surface area contributed by atoms with Crippen molar-refractivity contribution in [3.63, 3.8) is 0 Å². The van der Waals surface area contributed by atoms with Crippen LogP contribution in [0.15, 0.2) is 84.9 Å². The molecule has 1 aliphatic rings. The van der Waals surface area contributed by atoms with Crippen LogP contribution < -0.4 is 15.1 Å². The van der Waals surface area contributed by atoms with Crippen molar-refractivity contribution in [1.82, 2.24) is 10.4 Å². The number of para-hydroxylation sites is 2. The molecule has 4 amide bonds. The van der Waals surface area contributed by atoms with E-state index in [0.29, 0.717) is 11.4 Å². The molecule has 1 aliphatic heterocycles. The first-order chi connectivity index (χ1) is 15.1. The van der Waals surface area contributed by atoms with Gasteiger partial charge in [0.2, 0.25) is 0 Å². The van der Waals surface area contributed by atoms with Crippen LogP contribution in [0, 0.1) is 0 Å². The molecule has 7 nitrogen and oxygen atoms in total. The van der Waals surface area contributed by atoms with E-state index in [1.807, 2.05) is 60.7 Å². The van der Waals surface area contributed by atoms with Gasteiger partial charge in [-0.1, -0.05) is 72.8 Å². The van der Waals surface area contributed by atoms with Crippen molar-refractivity contribution < 1.29 is 19.1 Å². The first-order valence-corrected chi connectivity index (χ1v) is 9.78. The number of benzene rings is 3. The zero-order valence-corrected chi connectivity index (χ0v) is 16.9. The molecule has 0 radical (unpaired) electrons. The molecule has 0 aromatic heterocycles. The summed E-state index contributed by atoms with van der Waals surface area (Å²) in [7, 11) is 1.47. The predicted molar refractivity (Wildman–Crippen MR) is 115 cm³/mol. The van der Waals surface area contributed by atoms with Crippen LogP contribution in [0.2, 0.25) is 0 Å². The summed E-state index contributed by atoms with van der Waals surface area (Å²) in [6.45, 7) is -0.265. The van der Waals surface area contributed by atoms with Gasteiger partial charge >= 0.3 is 6.03 Å². The molecule has 0 unspecified atom stereocenters. The second kappa shape index (κ2) is 8.71. The van der Waals surface area contributed by atoms with Crippen LogP contribution in [0.25, 0.3) is 0 Å². The topological polar surface area (TPSA) is 79.0 Å². The quantitative estimate of drug-likeness (QED) is 0.627. The Morgan fingerprint density at radius 2 is 1.42 bits per heavy atom. The minimum absolute atomic E-state index is 0.265. The molecule has 0 saturated carbocycles. The molecule has 3 aromatic carbocycles. The normalized spacial score (nSPS) is 13.6. The summed E-state index contributed by atoms with van der Waals surface area (Å²) >= 11 is 0. The van der Waals surface area contributed by atoms with Gasteiger partial charge in [-0.15, -0.1) is 0 Å². The van der Waals surface area contributed by atoms with E-state index >= 15 is 0 Å². The van der Waals surface area contributed by atoms with E-state index in [0.717, 1.165) is 21.0 Å². The summed E-state index contributed by atoms with van der Waals surface area (Å²) in [6.07, 6.45) is 0. The van der Waals surface area contributed by atoms with Gasteiger partial charge in [0.05, 0.1) is 18.7 Å². The van der Waals surface area contributed by atoms with Gasteiger partial charge < -0.3 is 4.74 Å². The lowest BCUT2D eigenvalue weighted by Gasteiger charge is -2.23. The molecule has 0 atom stereocenters. The van der Waals surface area contributed by atoms with E-state index in [4.69, 9.17) is 4.74 Å². The number of urea groups is 1. The Hall–Kier alpha value is -4.13. The molecule has 1 heterocycles. The molecule has 1 saturated heterocycles. The summed E-state index contributed by atoms with van der Waals surface area (Å²) in [6, 6.07) is 24.7. The van der Waals surface area contributed by atoms with Gasteiger partial charge in [0, 0.05) is 0 Å². The minimum atomic E-state index is -0.636. The number of nitrogens with one attached hydrogen (secondary N) is 1. The molecule has 0 spiro atoms. The van der Waals surface area contributed by atoms with Gasteiger partial charge in [0.15, 0.2) is 0 Å². The Labute approximate surface area is 179 Å². The van der Waals surface area contributed by atoms with Crippen molar-refractivity contribution in [2.75, 3.05) is 18.6 Å².